The summed E-state index contributed by atoms with van der Waals surface area (Å²) in [5.41, 5.74) is 6.32. The minimum atomic E-state index is -0.152. The Bertz CT molecular complexity index is 346. The van der Waals surface area contributed by atoms with Gasteiger partial charge in [-0.1, -0.05) is 30.3 Å². The van der Waals surface area contributed by atoms with Gasteiger partial charge in [-0.3, -0.25) is 15.7 Å². The second-order valence-corrected chi connectivity index (χ2v) is 3.13. The minimum Gasteiger partial charge on any atom is -0.370 e. The van der Waals surface area contributed by atoms with Crippen LogP contribution in [-0.2, 0) is 6.54 Å². The molecular formula is C10H15N5. The molecule has 0 fully saturated rings. The van der Waals surface area contributed by atoms with E-state index in [-0.39, 0.29) is 11.9 Å². The molecule has 80 valence electrons. The number of benzene rings is 1. The van der Waals surface area contributed by atoms with Crippen molar-refractivity contribution in [3.8, 4) is 0 Å². The Morgan fingerprint density at radius 3 is 2.47 bits per heavy atom. The van der Waals surface area contributed by atoms with Crippen molar-refractivity contribution in [3.05, 3.63) is 35.9 Å². The van der Waals surface area contributed by atoms with Crippen LogP contribution >= 0.6 is 0 Å². The molecule has 5 nitrogen and oxygen atoms in total. The molecule has 0 aromatic heterocycles. The van der Waals surface area contributed by atoms with E-state index in [0.29, 0.717) is 6.54 Å². The summed E-state index contributed by atoms with van der Waals surface area (Å²) >= 11 is 0. The van der Waals surface area contributed by atoms with Gasteiger partial charge in [-0.15, -0.1) is 0 Å². The van der Waals surface area contributed by atoms with Crippen LogP contribution in [0.25, 0.3) is 0 Å². The number of nitrogens with two attached hydrogens (primary N) is 1. The molecule has 0 bridgehead atoms. The van der Waals surface area contributed by atoms with Gasteiger partial charge in [-0.25, -0.2) is 0 Å². The van der Waals surface area contributed by atoms with Gasteiger partial charge < -0.3 is 11.1 Å². The maximum Gasteiger partial charge on any atom is 0.197 e. The van der Waals surface area contributed by atoms with E-state index in [0.717, 1.165) is 5.56 Å². The van der Waals surface area contributed by atoms with Crippen molar-refractivity contribution in [2.45, 2.75) is 6.54 Å². The van der Waals surface area contributed by atoms with E-state index in [1.807, 2.05) is 30.3 Å². The smallest absolute Gasteiger partial charge is 0.197 e. The molecule has 0 heterocycles. The number of rotatable bonds is 2. The number of nitrogens with one attached hydrogen (secondary N) is 3. The van der Waals surface area contributed by atoms with Crippen LogP contribution in [0, 0.1) is 10.8 Å². The minimum absolute atomic E-state index is 0.117. The van der Waals surface area contributed by atoms with E-state index in [1.165, 1.54) is 4.90 Å². The molecule has 0 saturated heterocycles. The fourth-order valence-electron chi connectivity index (χ4n) is 1.02. The summed E-state index contributed by atoms with van der Waals surface area (Å²) in [5, 5.41) is 17.6. The third-order valence-corrected chi connectivity index (χ3v) is 2.00. The Balaban J connectivity index is 2.44. The highest BCUT2D eigenvalue weighted by Crippen LogP contribution is 1.97. The molecule has 0 radical (unpaired) electrons. The van der Waals surface area contributed by atoms with Crippen molar-refractivity contribution in [2.24, 2.45) is 5.73 Å². The fourth-order valence-corrected chi connectivity index (χ4v) is 1.02. The molecule has 1 rings (SSSR count). The molecule has 15 heavy (non-hydrogen) atoms. The molecule has 0 saturated carbocycles. The first kappa shape index (κ1) is 11.0. The van der Waals surface area contributed by atoms with Gasteiger partial charge in [0.05, 0.1) is 0 Å². The van der Waals surface area contributed by atoms with Gasteiger partial charge in [0.15, 0.2) is 11.9 Å². The van der Waals surface area contributed by atoms with E-state index in [9.17, 15) is 0 Å². The average molecular weight is 205 g/mol. The molecule has 0 aliphatic heterocycles. The van der Waals surface area contributed by atoms with Crippen molar-refractivity contribution in [1.82, 2.24) is 10.2 Å². The largest absolute Gasteiger partial charge is 0.370 e. The molecule has 0 spiro atoms. The first-order chi connectivity index (χ1) is 7.11. The zero-order chi connectivity index (χ0) is 11.3. The summed E-state index contributed by atoms with van der Waals surface area (Å²) in [6.07, 6.45) is 0. The quantitative estimate of drug-likeness (QED) is 0.419. The highest BCUT2D eigenvalue weighted by molar-refractivity contribution is 5.94. The summed E-state index contributed by atoms with van der Waals surface area (Å²) in [6.45, 7) is 0.553. The summed E-state index contributed by atoms with van der Waals surface area (Å²) < 4.78 is 0. The number of guanidine groups is 2. The van der Waals surface area contributed by atoms with Crippen LogP contribution in [0.1, 0.15) is 5.56 Å². The van der Waals surface area contributed by atoms with Gasteiger partial charge in [0.25, 0.3) is 0 Å². The van der Waals surface area contributed by atoms with E-state index in [2.05, 4.69) is 5.32 Å². The van der Waals surface area contributed by atoms with Crippen molar-refractivity contribution >= 4 is 11.9 Å². The van der Waals surface area contributed by atoms with E-state index >= 15 is 0 Å². The van der Waals surface area contributed by atoms with Crippen LogP contribution in [0.15, 0.2) is 30.3 Å². The zero-order valence-corrected chi connectivity index (χ0v) is 8.62. The molecule has 1 aromatic rings. The normalized spacial score (nSPS) is 9.40. The van der Waals surface area contributed by atoms with E-state index in [4.69, 9.17) is 16.6 Å². The Morgan fingerprint density at radius 2 is 1.93 bits per heavy atom. The van der Waals surface area contributed by atoms with E-state index in [1.54, 1.807) is 7.05 Å². The van der Waals surface area contributed by atoms with Crippen LogP contribution in [0.5, 0.6) is 0 Å². The summed E-state index contributed by atoms with van der Waals surface area (Å²) in [4.78, 5) is 1.27. The zero-order valence-electron chi connectivity index (χ0n) is 8.62. The lowest BCUT2D eigenvalue weighted by Gasteiger charge is -2.18. The molecule has 0 amide bonds. The second-order valence-electron chi connectivity index (χ2n) is 3.13. The summed E-state index contributed by atoms with van der Waals surface area (Å²) in [5.74, 6) is -0.0353. The molecule has 0 aliphatic carbocycles. The Labute approximate surface area is 88.9 Å². The van der Waals surface area contributed by atoms with Crippen molar-refractivity contribution in [2.75, 3.05) is 7.05 Å². The van der Waals surface area contributed by atoms with Gasteiger partial charge in [0, 0.05) is 13.6 Å². The van der Waals surface area contributed by atoms with Crippen molar-refractivity contribution < 1.29 is 0 Å². The molecule has 0 unspecified atom stereocenters. The maximum absolute atomic E-state index is 7.57. The lowest BCUT2D eigenvalue weighted by Crippen LogP contribution is -2.44. The first-order valence-corrected chi connectivity index (χ1v) is 4.55. The van der Waals surface area contributed by atoms with Crippen LogP contribution in [0.2, 0.25) is 0 Å². The molecule has 1 aromatic carbocycles. The standard InChI is InChI=1S/C10H15N5/c1-15(9(11)12)10(13)14-7-8-5-3-2-4-6-8/h2-6H,7H2,1H3,(H3,11,12)(H2,13,14). The first-order valence-electron chi connectivity index (χ1n) is 4.55. The molecule has 0 aliphatic rings. The monoisotopic (exact) mass is 205 g/mol. The van der Waals surface area contributed by atoms with Crippen molar-refractivity contribution in [3.63, 3.8) is 0 Å². The molecule has 5 N–H and O–H groups in total. The lowest BCUT2D eigenvalue weighted by molar-refractivity contribution is 0.669. The topological polar surface area (TPSA) is 89.0 Å². The number of hydrogen-bond acceptors (Lipinski definition) is 2. The third kappa shape index (κ3) is 3.30. The molecular weight excluding hydrogens is 190 g/mol. The Hall–Kier alpha value is -2.04. The van der Waals surface area contributed by atoms with Gasteiger partial charge in [0.2, 0.25) is 0 Å². The summed E-state index contributed by atoms with van der Waals surface area (Å²) in [7, 11) is 1.57. The highest BCUT2D eigenvalue weighted by Gasteiger charge is 2.05. The Kier molecular flexibility index (Phi) is 3.68. The predicted octanol–water partition coefficient (Wildman–Crippen LogP) is 0.536. The Morgan fingerprint density at radius 1 is 1.33 bits per heavy atom. The predicted molar refractivity (Wildman–Crippen MR) is 60.7 cm³/mol. The fraction of sp³-hybridized carbons (Fsp3) is 0.200. The molecule has 0 atom stereocenters. The maximum atomic E-state index is 7.57. The number of nitrogens with zero attached hydrogens (tertiary/aromatic N) is 1. The van der Waals surface area contributed by atoms with Crippen LogP contribution in [-0.4, -0.2) is 23.9 Å². The van der Waals surface area contributed by atoms with Gasteiger partial charge in [-0.05, 0) is 5.56 Å². The SMILES string of the molecule is CN(C(=N)N)C(=N)NCc1ccccc1. The lowest BCUT2D eigenvalue weighted by atomic mass is 10.2. The average Bonchev–Trinajstić information content (AvgIpc) is 2.26. The van der Waals surface area contributed by atoms with E-state index < -0.39 is 0 Å². The van der Waals surface area contributed by atoms with Crippen LogP contribution < -0.4 is 11.1 Å². The van der Waals surface area contributed by atoms with Crippen LogP contribution in [0.3, 0.4) is 0 Å². The third-order valence-electron chi connectivity index (χ3n) is 2.00. The summed E-state index contributed by atoms with van der Waals surface area (Å²) in [6, 6.07) is 9.75. The van der Waals surface area contributed by atoms with Crippen LogP contribution in [0.4, 0.5) is 0 Å². The van der Waals surface area contributed by atoms with Gasteiger partial charge in [-0.2, -0.15) is 0 Å². The molecule has 5 heteroatoms. The second kappa shape index (κ2) is 4.99. The van der Waals surface area contributed by atoms with Gasteiger partial charge >= 0.3 is 0 Å². The highest BCUT2D eigenvalue weighted by atomic mass is 15.3. The number of hydrogen-bond donors (Lipinski definition) is 4. The van der Waals surface area contributed by atoms with Gasteiger partial charge in [0.1, 0.15) is 0 Å². The van der Waals surface area contributed by atoms with Crippen molar-refractivity contribution in [1.29, 1.82) is 10.8 Å².